The van der Waals surface area contributed by atoms with Gasteiger partial charge in [0.05, 0.1) is 12.8 Å². The summed E-state index contributed by atoms with van der Waals surface area (Å²) in [5.41, 5.74) is 0.238. The Kier molecular flexibility index (Phi) is 6.09. The van der Waals surface area contributed by atoms with Crippen molar-refractivity contribution in [3.8, 4) is 0 Å². The molecule has 112 valence electrons. The smallest absolute Gasteiger partial charge is 0.356 e. The van der Waals surface area contributed by atoms with Gasteiger partial charge in [-0.25, -0.2) is 9.78 Å². The molecule has 0 unspecified atom stereocenters. The second-order valence-corrected chi connectivity index (χ2v) is 11.2. The van der Waals surface area contributed by atoms with Crippen molar-refractivity contribution in [1.29, 1.82) is 0 Å². The van der Waals surface area contributed by atoms with Crippen LogP contribution in [-0.2, 0) is 16.2 Å². The third kappa shape index (κ3) is 4.90. The lowest BCUT2D eigenvalue weighted by atomic mass is 10.5. The van der Waals surface area contributed by atoms with Crippen molar-refractivity contribution < 1.29 is 19.1 Å². The topological polar surface area (TPSA) is 70.4 Å². The molecule has 0 aliphatic carbocycles. The number of aldehydes is 1. The van der Waals surface area contributed by atoms with Crippen LogP contribution >= 0.6 is 0 Å². The average molecular weight is 298 g/mol. The molecule has 0 N–H and O–H groups in total. The first kappa shape index (κ1) is 16.6. The lowest BCUT2D eigenvalue weighted by Gasteiger charge is -2.16. The number of rotatable bonds is 8. The lowest BCUT2D eigenvalue weighted by Crippen LogP contribution is -2.23. The molecule has 1 aromatic rings. The molecule has 0 aliphatic heterocycles. The summed E-state index contributed by atoms with van der Waals surface area (Å²) in [7, 11) is -1.16. The van der Waals surface area contributed by atoms with E-state index in [1.165, 1.54) is 10.8 Å². The fraction of sp³-hybridized carbons (Fsp3) is 0.615. The number of hydrogen-bond acceptors (Lipinski definition) is 5. The van der Waals surface area contributed by atoms with E-state index in [9.17, 15) is 9.59 Å². The molecule has 0 amide bonds. The monoisotopic (exact) mass is 298 g/mol. The molecule has 0 fully saturated rings. The highest BCUT2D eigenvalue weighted by molar-refractivity contribution is 6.76. The zero-order chi connectivity index (χ0) is 15.2. The van der Waals surface area contributed by atoms with E-state index in [2.05, 4.69) is 24.6 Å². The molecule has 6 nitrogen and oxygen atoms in total. The molecule has 0 radical (unpaired) electrons. The van der Waals surface area contributed by atoms with E-state index in [0.717, 1.165) is 6.04 Å². The highest BCUT2D eigenvalue weighted by Gasteiger charge is 2.18. The van der Waals surface area contributed by atoms with Crippen LogP contribution in [0.25, 0.3) is 0 Å². The zero-order valence-corrected chi connectivity index (χ0v) is 13.5. The Morgan fingerprint density at radius 3 is 2.70 bits per heavy atom. The zero-order valence-electron chi connectivity index (χ0n) is 12.5. The molecule has 1 heterocycles. The first-order valence-corrected chi connectivity index (χ1v) is 10.4. The normalized spacial score (nSPS) is 11.4. The maximum Gasteiger partial charge on any atom is 0.356 e. The second kappa shape index (κ2) is 7.35. The van der Waals surface area contributed by atoms with Crippen LogP contribution in [0.3, 0.4) is 0 Å². The van der Waals surface area contributed by atoms with E-state index in [-0.39, 0.29) is 24.9 Å². The Morgan fingerprint density at radius 2 is 2.15 bits per heavy atom. The third-order valence-corrected chi connectivity index (χ3v) is 4.40. The highest BCUT2D eigenvalue weighted by Crippen LogP contribution is 2.10. The van der Waals surface area contributed by atoms with Gasteiger partial charge >= 0.3 is 5.97 Å². The summed E-state index contributed by atoms with van der Waals surface area (Å²) in [6.07, 6.45) is 1.94. The Hall–Kier alpha value is -1.47. The average Bonchev–Trinajstić information content (AvgIpc) is 2.76. The van der Waals surface area contributed by atoms with Gasteiger partial charge in [-0.2, -0.15) is 0 Å². The van der Waals surface area contributed by atoms with Gasteiger partial charge in [0.25, 0.3) is 0 Å². The van der Waals surface area contributed by atoms with Gasteiger partial charge in [-0.1, -0.05) is 19.6 Å². The molecule has 7 heteroatoms. The number of hydrogen-bond donors (Lipinski definition) is 0. The van der Waals surface area contributed by atoms with Crippen LogP contribution in [0.1, 0.15) is 28.0 Å². The number of imidazole rings is 1. The minimum Gasteiger partial charge on any atom is -0.461 e. The van der Waals surface area contributed by atoms with E-state index < -0.39 is 14.0 Å². The molecule has 20 heavy (non-hydrogen) atoms. The van der Waals surface area contributed by atoms with Crippen molar-refractivity contribution in [3.63, 3.8) is 0 Å². The van der Waals surface area contributed by atoms with Crippen molar-refractivity contribution in [2.24, 2.45) is 0 Å². The van der Waals surface area contributed by atoms with Crippen LogP contribution in [0.5, 0.6) is 0 Å². The Bertz CT molecular complexity index is 465. The summed E-state index contributed by atoms with van der Waals surface area (Å²) in [5.74, 6) is -0.331. The van der Waals surface area contributed by atoms with Crippen LogP contribution in [0.2, 0.25) is 25.7 Å². The van der Waals surface area contributed by atoms with E-state index in [0.29, 0.717) is 12.9 Å². The minimum atomic E-state index is -1.16. The number of aromatic nitrogens is 2. The largest absolute Gasteiger partial charge is 0.461 e. The molecule has 0 bridgehead atoms. The summed E-state index contributed by atoms with van der Waals surface area (Å²) in [4.78, 5) is 26.6. The van der Waals surface area contributed by atoms with Crippen LogP contribution in [0.4, 0.5) is 0 Å². The third-order valence-electron chi connectivity index (χ3n) is 2.69. The maximum absolute atomic E-state index is 11.7. The van der Waals surface area contributed by atoms with E-state index in [1.807, 2.05) is 0 Å². The summed E-state index contributed by atoms with van der Waals surface area (Å²) in [6, 6.07) is 1.02. The number of esters is 1. The standard InChI is InChI=1S/C13H22N2O4Si/c1-5-19-13(17)11-8-14-12(9-16)15(11)10-18-6-7-20(2,3)4/h8-9H,5-7,10H2,1-4H3. The van der Waals surface area contributed by atoms with Crippen molar-refractivity contribution in [2.75, 3.05) is 13.2 Å². The van der Waals surface area contributed by atoms with E-state index >= 15 is 0 Å². The number of carbonyl (C=O) groups is 2. The van der Waals surface area contributed by atoms with Gasteiger partial charge in [-0.3, -0.25) is 9.36 Å². The maximum atomic E-state index is 11.7. The van der Waals surface area contributed by atoms with Crippen LogP contribution in [-0.4, -0.2) is 43.1 Å². The first-order valence-electron chi connectivity index (χ1n) is 6.64. The molecule has 0 saturated heterocycles. The first-order chi connectivity index (χ1) is 9.39. The molecule has 0 atom stereocenters. The Balaban J connectivity index is 2.69. The predicted molar refractivity (Wildman–Crippen MR) is 77.7 cm³/mol. The fourth-order valence-electron chi connectivity index (χ4n) is 1.52. The second-order valence-electron chi connectivity index (χ2n) is 5.62. The summed E-state index contributed by atoms with van der Waals surface area (Å²) >= 11 is 0. The molecule has 1 rings (SSSR count). The molecule has 0 aromatic carbocycles. The van der Waals surface area contributed by atoms with Crippen molar-refractivity contribution >= 4 is 20.3 Å². The van der Waals surface area contributed by atoms with Gasteiger partial charge in [0, 0.05) is 14.7 Å². The quantitative estimate of drug-likeness (QED) is 0.318. The fourth-order valence-corrected chi connectivity index (χ4v) is 2.28. The summed E-state index contributed by atoms with van der Waals surface area (Å²) < 4.78 is 11.9. The van der Waals surface area contributed by atoms with Gasteiger partial charge < -0.3 is 9.47 Å². The number of carbonyl (C=O) groups excluding carboxylic acids is 2. The number of nitrogens with zero attached hydrogens (tertiary/aromatic N) is 2. The summed E-state index contributed by atoms with van der Waals surface area (Å²) in [5, 5.41) is 0. The van der Waals surface area contributed by atoms with Gasteiger partial charge in [-0.05, 0) is 13.0 Å². The molecule has 0 saturated carbocycles. The SMILES string of the molecule is CCOC(=O)c1cnc(C=O)n1COCC[Si](C)(C)C. The van der Waals surface area contributed by atoms with E-state index in [1.54, 1.807) is 6.92 Å². The van der Waals surface area contributed by atoms with Crippen LogP contribution in [0.15, 0.2) is 6.20 Å². The van der Waals surface area contributed by atoms with E-state index in [4.69, 9.17) is 9.47 Å². The molecule has 0 spiro atoms. The van der Waals surface area contributed by atoms with Gasteiger partial charge in [0.15, 0.2) is 12.1 Å². The highest BCUT2D eigenvalue weighted by atomic mass is 28.3. The van der Waals surface area contributed by atoms with Crippen LogP contribution in [0, 0.1) is 0 Å². The van der Waals surface area contributed by atoms with Gasteiger partial charge in [0.1, 0.15) is 12.4 Å². The Labute approximate surface area is 120 Å². The molecular formula is C13H22N2O4Si. The van der Waals surface area contributed by atoms with Crippen molar-refractivity contribution in [1.82, 2.24) is 9.55 Å². The van der Waals surface area contributed by atoms with Gasteiger partial charge in [0.2, 0.25) is 0 Å². The summed E-state index contributed by atoms with van der Waals surface area (Å²) in [6.45, 7) is 9.51. The predicted octanol–water partition coefficient (Wildman–Crippen LogP) is 2.18. The molecule has 0 aliphatic rings. The van der Waals surface area contributed by atoms with Crippen molar-refractivity contribution in [2.45, 2.75) is 39.3 Å². The van der Waals surface area contributed by atoms with Crippen molar-refractivity contribution in [3.05, 3.63) is 17.7 Å². The van der Waals surface area contributed by atoms with Crippen LogP contribution < -0.4 is 0 Å². The molecular weight excluding hydrogens is 276 g/mol. The van der Waals surface area contributed by atoms with Gasteiger partial charge in [-0.15, -0.1) is 0 Å². The minimum absolute atomic E-state index is 0.132. The lowest BCUT2D eigenvalue weighted by molar-refractivity contribution is 0.0471. The Morgan fingerprint density at radius 1 is 1.45 bits per heavy atom. The molecule has 1 aromatic heterocycles. The number of ether oxygens (including phenoxy) is 2.